The van der Waals surface area contributed by atoms with Gasteiger partial charge in [0.1, 0.15) is 11.6 Å². The summed E-state index contributed by atoms with van der Waals surface area (Å²) in [6.45, 7) is 3.78. The van der Waals surface area contributed by atoms with Crippen molar-refractivity contribution in [2.75, 3.05) is 6.61 Å². The summed E-state index contributed by atoms with van der Waals surface area (Å²) in [4.78, 5) is 11.8. The Kier molecular flexibility index (Phi) is 4.93. The monoisotopic (exact) mass is 287 g/mol. The lowest BCUT2D eigenvalue weighted by atomic mass is 10.1. The van der Waals surface area contributed by atoms with Crippen molar-refractivity contribution in [1.82, 2.24) is 5.32 Å². The molecule has 110 valence electrons. The van der Waals surface area contributed by atoms with Crippen LogP contribution < -0.4 is 10.1 Å². The normalized spacial score (nSPS) is 11.8. The average Bonchev–Trinajstić information content (AvgIpc) is 2.47. The molecule has 2 rings (SSSR count). The highest BCUT2D eigenvalue weighted by Crippen LogP contribution is 2.13. The molecule has 21 heavy (non-hydrogen) atoms. The quantitative estimate of drug-likeness (QED) is 0.915. The number of halogens is 1. The number of hydrogen-bond acceptors (Lipinski definition) is 2. The zero-order valence-corrected chi connectivity index (χ0v) is 12.1. The fourth-order valence-corrected chi connectivity index (χ4v) is 1.90. The van der Waals surface area contributed by atoms with Gasteiger partial charge in [0.2, 0.25) is 0 Å². The van der Waals surface area contributed by atoms with E-state index in [0.29, 0.717) is 5.75 Å². The molecule has 0 heterocycles. The minimum atomic E-state index is -0.292. The first-order chi connectivity index (χ1) is 10.0. The van der Waals surface area contributed by atoms with Crippen LogP contribution in [-0.4, -0.2) is 12.5 Å². The van der Waals surface area contributed by atoms with Gasteiger partial charge in [-0.3, -0.25) is 4.79 Å². The van der Waals surface area contributed by atoms with Crippen molar-refractivity contribution in [3.8, 4) is 5.75 Å². The molecule has 1 N–H and O–H groups in total. The van der Waals surface area contributed by atoms with E-state index in [4.69, 9.17) is 4.74 Å². The minimum Gasteiger partial charge on any atom is -0.484 e. The highest BCUT2D eigenvalue weighted by molar-refractivity contribution is 5.78. The third-order valence-electron chi connectivity index (χ3n) is 3.14. The number of aryl methyl sites for hydroxylation is 1. The summed E-state index contributed by atoms with van der Waals surface area (Å²) in [5.41, 5.74) is 1.98. The van der Waals surface area contributed by atoms with Crippen LogP contribution in [-0.2, 0) is 4.79 Å². The zero-order chi connectivity index (χ0) is 15.2. The first-order valence-corrected chi connectivity index (χ1v) is 6.79. The molecular weight excluding hydrogens is 269 g/mol. The second kappa shape index (κ2) is 6.88. The van der Waals surface area contributed by atoms with Crippen molar-refractivity contribution < 1.29 is 13.9 Å². The number of amides is 1. The van der Waals surface area contributed by atoms with Crippen molar-refractivity contribution >= 4 is 5.91 Å². The molecule has 4 heteroatoms. The predicted molar refractivity (Wildman–Crippen MR) is 79.6 cm³/mol. The average molecular weight is 287 g/mol. The van der Waals surface area contributed by atoms with Crippen molar-refractivity contribution in [3.63, 3.8) is 0 Å². The molecule has 0 fully saturated rings. The molecular formula is C17H18FNO2. The van der Waals surface area contributed by atoms with E-state index in [0.717, 1.165) is 11.1 Å². The molecule has 1 amide bonds. The van der Waals surface area contributed by atoms with Crippen molar-refractivity contribution in [3.05, 3.63) is 65.5 Å². The summed E-state index contributed by atoms with van der Waals surface area (Å²) in [5, 5.41) is 2.81. The highest BCUT2D eigenvalue weighted by atomic mass is 19.1. The second-order valence-electron chi connectivity index (χ2n) is 4.94. The van der Waals surface area contributed by atoms with Gasteiger partial charge in [0.05, 0.1) is 6.04 Å². The molecule has 1 atom stereocenters. The fourth-order valence-electron chi connectivity index (χ4n) is 1.90. The van der Waals surface area contributed by atoms with Crippen LogP contribution in [0.3, 0.4) is 0 Å². The summed E-state index contributed by atoms with van der Waals surface area (Å²) < 4.78 is 18.2. The van der Waals surface area contributed by atoms with Crippen LogP contribution in [0.2, 0.25) is 0 Å². The summed E-state index contributed by atoms with van der Waals surface area (Å²) in [6.07, 6.45) is 0. The van der Waals surface area contributed by atoms with Crippen LogP contribution in [0.4, 0.5) is 4.39 Å². The van der Waals surface area contributed by atoms with E-state index in [1.165, 1.54) is 12.1 Å². The van der Waals surface area contributed by atoms with Crippen LogP contribution in [0.15, 0.2) is 48.5 Å². The number of rotatable bonds is 5. The Morgan fingerprint density at radius 2 is 1.76 bits per heavy atom. The molecule has 0 aromatic heterocycles. The van der Waals surface area contributed by atoms with Gasteiger partial charge in [-0.1, -0.05) is 29.8 Å². The smallest absolute Gasteiger partial charge is 0.258 e. The van der Waals surface area contributed by atoms with Crippen molar-refractivity contribution in [2.24, 2.45) is 0 Å². The molecule has 2 aromatic carbocycles. The fraction of sp³-hybridized carbons (Fsp3) is 0.235. The molecule has 0 aliphatic carbocycles. The Morgan fingerprint density at radius 1 is 1.14 bits per heavy atom. The van der Waals surface area contributed by atoms with Crippen LogP contribution in [0.1, 0.15) is 24.1 Å². The van der Waals surface area contributed by atoms with Gasteiger partial charge in [0.15, 0.2) is 6.61 Å². The maximum Gasteiger partial charge on any atom is 0.258 e. The molecule has 0 aliphatic rings. The van der Waals surface area contributed by atoms with E-state index in [-0.39, 0.29) is 24.4 Å². The maximum atomic E-state index is 12.8. The SMILES string of the molecule is Cc1ccc(OCC(=O)N[C@H](C)c2ccc(F)cc2)cc1. The van der Waals surface area contributed by atoms with Gasteiger partial charge in [-0.2, -0.15) is 0 Å². The number of benzene rings is 2. The van der Waals surface area contributed by atoms with Gasteiger partial charge in [-0.25, -0.2) is 4.39 Å². The molecule has 0 aliphatic heterocycles. The lowest BCUT2D eigenvalue weighted by molar-refractivity contribution is -0.123. The molecule has 3 nitrogen and oxygen atoms in total. The summed E-state index contributed by atoms with van der Waals surface area (Å²) >= 11 is 0. The molecule has 0 radical (unpaired) electrons. The van der Waals surface area contributed by atoms with Crippen molar-refractivity contribution in [1.29, 1.82) is 0 Å². The lowest BCUT2D eigenvalue weighted by Gasteiger charge is -2.14. The van der Waals surface area contributed by atoms with E-state index in [1.54, 1.807) is 12.1 Å². The molecule has 0 spiro atoms. The Balaban J connectivity index is 1.83. The Hall–Kier alpha value is -2.36. The van der Waals surface area contributed by atoms with E-state index in [1.807, 2.05) is 38.1 Å². The third kappa shape index (κ3) is 4.60. The lowest BCUT2D eigenvalue weighted by Crippen LogP contribution is -2.31. The molecule has 2 aromatic rings. The predicted octanol–water partition coefficient (Wildman–Crippen LogP) is 3.39. The highest BCUT2D eigenvalue weighted by Gasteiger charge is 2.10. The maximum absolute atomic E-state index is 12.8. The number of ether oxygens (including phenoxy) is 1. The van der Waals surface area contributed by atoms with Gasteiger partial charge < -0.3 is 10.1 Å². The summed E-state index contributed by atoms with van der Waals surface area (Å²) in [6, 6.07) is 13.4. The first kappa shape index (κ1) is 15.0. The zero-order valence-electron chi connectivity index (χ0n) is 12.1. The van der Waals surface area contributed by atoms with Gasteiger partial charge in [-0.05, 0) is 43.7 Å². The summed E-state index contributed by atoms with van der Waals surface area (Å²) in [7, 11) is 0. The summed E-state index contributed by atoms with van der Waals surface area (Å²) in [5.74, 6) is 0.151. The third-order valence-corrected chi connectivity index (χ3v) is 3.14. The molecule has 0 bridgehead atoms. The first-order valence-electron chi connectivity index (χ1n) is 6.79. The van der Waals surface area contributed by atoms with E-state index < -0.39 is 0 Å². The topological polar surface area (TPSA) is 38.3 Å². The standard InChI is InChI=1S/C17H18FNO2/c1-12-3-9-16(10-4-12)21-11-17(20)19-13(2)14-5-7-15(18)8-6-14/h3-10,13H,11H2,1-2H3,(H,19,20)/t13-/m1/s1. The Morgan fingerprint density at radius 3 is 2.38 bits per heavy atom. The number of carbonyl (C=O) groups is 1. The van der Waals surface area contributed by atoms with Crippen LogP contribution in [0.25, 0.3) is 0 Å². The van der Waals surface area contributed by atoms with Crippen LogP contribution in [0.5, 0.6) is 5.75 Å². The minimum absolute atomic E-state index is 0.0470. The number of carbonyl (C=O) groups excluding carboxylic acids is 1. The van der Waals surface area contributed by atoms with Gasteiger partial charge >= 0.3 is 0 Å². The van der Waals surface area contributed by atoms with Gasteiger partial charge in [0, 0.05) is 0 Å². The van der Waals surface area contributed by atoms with Gasteiger partial charge in [-0.15, -0.1) is 0 Å². The van der Waals surface area contributed by atoms with E-state index >= 15 is 0 Å². The van der Waals surface area contributed by atoms with Gasteiger partial charge in [0.25, 0.3) is 5.91 Å². The second-order valence-corrected chi connectivity index (χ2v) is 4.94. The van der Waals surface area contributed by atoms with Crippen LogP contribution >= 0.6 is 0 Å². The van der Waals surface area contributed by atoms with E-state index in [2.05, 4.69) is 5.32 Å². The van der Waals surface area contributed by atoms with Crippen LogP contribution in [0, 0.1) is 12.7 Å². The Bertz CT molecular complexity index is 593. The van der Waals surface area contributed by atoms with E-state index in [9.17, 15) is 9.18 Å². The van der Waals surface area contributed by atoms with Crippen molar-refractivity contribution in [2.45, 2.75) is 19.9 Å². The number of nitrogens with one attached hydrogen (secondary N) is 1. The molecule has 0 saturated heterocycles. The Labute approximate surface area is 123 Å². The number of hydrogen-bond donors (Lipinski definition) is 1. The molecule has 0 saturated carbocycles. The largest absolute Gasteiger partial charge is 0.484 e. The molecule has 0 unspecified atom stereocenters.